The fraction of sp³-hybridized carbons (Fsp3) is 0.241. The van der Waals surface area contributed by atoms with Crippen molar-refractivity contribution < 1.29 is 13.9 Å². The lowest BCUT2D eigenvalue weighted by atomic mass is 9.74. The Morgan fingerprint density at radius 3 is 2.43 bits per heavy atom. The molecule has 1 aliphatic heterocycles. The van der Waals surface area contributed by atoms with E-state index in [-0.39, 0.29) is 17.1 Å². The summed E-state index contributed by atoms with van der Waals surface area (Å²) in [7, 11) is 0. The fourth-order valence-corrected chi connectivity index (χ4v) is 4.78. The SMILES string of the molecule is O=C(NCC1(c2ccc(F)cc2)CCOCC1)c1ccccc1-c1ccc(Cn2cccn2)cc1. The lowest BCUT2D eigenvalue weighted by Crippen LogP contribution is -2.44. The molecule has 4 aromatic rings. The number of hydrogen-bond donors (Lipinski definition) is 1. The first-order chi connectivity index (χ1) is 17.1. The topological polar surface area (TPSA) is 56.1 Å². The zero-order valence-corrected chi connectivity index (χ0v) is 19.5. The van der Waals surface area contributed by atoms with E-state index >= 15 is 0 Å². The standard InChI is InChI=1S/C29H28FN3O2/c30-25-12-10-24(11-13-25)29(14-18-35-19-15-29)21-31-28(34)27-5-2-1-4-26(27)23-8-6-22(7-9-23)20-33-17-3-16-32-33/h1-13,16-17H,14-15,18-21H2,(H,31,34). The van der Waals surface area contributed by atoms with Gasteiger partial charge in [0, 0.05) is 43.1 Å². The summed E-state index contributed by atoms with van der Waals surface area (Å²) in [6, 6.07) is 24.4. The monoisotopic (exact) mass is 469 g/mol. The molecule has 1 fully saturated rings. The zero-order chi connectivity index (χ0) is 24.1. The Balaban J connectivity index is 1.34. The second kappa shape index (κ2) is 10.2. The number of ether oxygens (including phenoxy) is 1. The summed E-state index contributed by atoms with van der Waals surface area (Å²) in [5.74, 6) is -0.376. The van der Waals surface area contributed by atoms with Crippen molar-refractivity contribution >= 4 is 5.91 Å². The van der Waals surface area contributed by atoms with E-state index in [1.54, 1.807) is 6.20 Å². The maximum atomic E-state index is 13.5. The van der Waals surface area contributed by atoms with Crippen molar-refractivity contribution in [2.24, 2.45) is 0 Å². The Hall–Kier alpha value is -3.77. The van der Waals surface area contributed by atoms with Crippen molar-refractivity contribution in [1.29, 1.82) is 0 Å². The first-order valence-corrected chi connectivity index (χ1v) is 11.9. The average molecular weight is 470 g/mol. The molecule has 1 amide bonds. The quantitative estimate of drug-likeness (QED) is 0.404. The number of rotatable bonds is 7. The predicted molar refractivity (Wildman–Crippen MR) is 134 cm³/mol. The van der Waals surface area contributed by atoms with Gasteiger partial charge >= 0.3 is 0 Å². The maximum absolute atomic E-state index is 13.5. The van der Waals surface area contributed by atoms with Crippen LogP contribution >= 0.6 is 0 Å². The van der Waals surface area contributed by atoms with Gasteiger partial charge in [-0.3, -0.25) is 9.48 Å². The second-order valence-corrected chi connectivity index (χ2v) is 9.03. The predicted octanol–water partition coefficient (Wildman–Crippen LogP) is 5.22. The number of halogens is 1. The normalized spacial score (nSPS) is 15.0. The number of benzene rings is 3. The van der Waals surface area contributed by atoms with Crippen LogP contribution in [0.3, 0.4) is 0 Å². The molecule has 5 nitrogen and oxygen atoms in total. The molecule has 178 valence electrons. The van der Waals surface area contributed by atoms with Gasteiger partial charge in [0.2, 0.25) is 0 Å². The molecule has 3 aromatic carbocycles. The Kier molecular flexibility index (Phi) is 6.73. The lowest BCUT2D eigenvalue weighted by Gasteiger charge is -2.38. The van der Waals surface area contributed by atoms with Crippen LogP contribution in [0.2, 0.25) is 0 Å². The molecule has 1 aliphatic rings. The van der Waals surface area contributed by atoms with Gasteiger partial charge in [0.25, 0.3) is 5.91 Å². The van der Waals surface area contributed by atoms with E-state index in [0.717, 1.165) is 35.1 Å². The van der Waals surface area contributed by atoms with Gasteiger partial charge in [-0.1, -0.05) is 54.6 Å². The highest BCUT2D eigenvalue weighted by Gasteiger charge is 2.35. The summed E-state index contributed by atoms with van der Waals surface area (Å²) in [6.45, 7) is 2.41. The minimum atomic E-state index is -0.273. The number of amides is 1. The Labute approximate surface area is 204 Å². The first kappa shape index (κ1) is 23.0. The summed E-state index contributed by atoms with van der Waals surface area (Å²) in [5.41, 5.74) is 4.40. The summed E-state index contributed by atoms with van der Waals surface area (Å²) in [4.78, 5) is 13.4. The molecule has 0 spiro atoms. The summed E-state index contributed by atoms with van der Waals surface area (Å²) >= 11 is 0. The molecule has 6 heteroatoms. The number of aromatic nitrogens is 2. The van der Waals surface area contributed by atoms with Gasteiger partial charge in [-0.15, -0.1) is 0 Å². The molecule has 0 radical (unpaired) electrons. The third-order valence-corrected chi connectivity index (χ3v) is 6.83. The van der Waals surface area contributed by atoms with Gasteiger partial charge in [-0.2, -0.15) is 5.10 Å². The first-order valence-electron chi connectivity index (χ1n) is 11.9. The lowest BCUT2D eigenvalue weighted by molar-refractivity contribution is 0.0487. The van der Waals surface area contributed by atoms with E-state index < -0.39 is 0 Å². The van der Waals surface area contributed by atoms with Crippen molar-refractivity contribution in [2.45, 2.75) is 24.8 Å². The van der Waals surface area contributed by atoms with Crippen molar-refractivity contribution in [3.05, 3.63) is 114 Å². The molecule has 1 N–H and O–H groups in total. The maximum Gasteiger partial charge on any atom is 0.251 e. The molecule has 2 heterocycles. The number of nitrogens with one attached hydrogen (secondary N) is 1. The van der Waals surface area contributed by atoms with E-state index in [0.29, 0.717) is 31.9 Å². The van der Waals surface area contributed by atoms with Crippen LogP contribution in [0, 0.1) is 5.82 Å². The number of carbonyl (C=O) groups excluding carboxylic acids is 1. The van der Waals surface area contributed by atoms with Gasteiger partial charge < -0.3 is 10.1 Å². The third kappa shape index (κ3) is 5.17. The van der Waals surface area contributed by atoms with Crippen molar-refractivity contribution in [1.82, 2.24) is 15.1 Å². The van der Waals surface area contributed by atoms with Crippen LogP contribution in [0.15, 0.2) is 91.3 Å². The summed E-state index contributed by atoms with van der Waals surface area (Å²) in [6.07, 6.45) is 5.25. The van der Waals surface area contributed by atoms with Crippen LogP contribution in [-0.2, 0) is 16.7 Å². The van der Waals surface area contributed by atoms with Gasteiger partial charge in [-0.05, 0) is 59.4 Å². The molecule has 0 unspecified atom stereocenters. The van der Waals surface area contributed by atoms with Gasteiger partial charge in [-0.25, -0.2) is 4.39 Å². The van der Waals surface area contributed by atoms with Crippen LogP contribution in [0.25, 0.3) is 11.1 Å². The molecule has 1 aromatic heterocycles. The van der Waals surface area contributed by atoms with Crippen molar-refractivity contribution in [3.63, 3.8) is 0 Å². The Morgan fingerprint density at radius 1 is 0.971 bits per heavy atom. The second-order valence-electron chi connectivity index (χ2n) is 9.03. The largest absolute Gasteiger partial charge is 0.381 e. The average Bonchev–Trinajstić information content (AvgIpc) is 3.42. The highest BCUT2D eigenvalue weighted by atomic mass is 19.1. The van der Waals surface area contributed by atoms with E-state index in [1.807, 2.05) is 65.5 Å². The van der Waals surface area contributed by atoms with Crippen molar-refractivity contribution in [2.75, 3.05) is 19.8 Å². The van der Waals surface area contributed by atoms with Gasteiger partial charge in [0.05, 0.1) is 6.54 Å². The van der Waals surface area contributed by atoms with Crippen molar-refractivity contribution in [3.8, 4) is 11.1 Å². The van der Waals surface area contributed by atoms with Crippen LogP contribution in [0.5, 0.6) is 0 Å². The van der Waals surface area contributed by atoms with E-state index in [4.69, 9.17) is 4.74 Å². The summed E-state index contributed by atoms with van der Waals surface area (Å²) < 4.78 is 21.0. The fourth-order valence-electron chi connectivity index (χ4n) is 4.78. The zero-order valence-electron chi connectivity index (χ0n) is 19.5. The minimum Gasteiger partial charge on any atom is -0.381 e. The highest BCUT2D eigenvalue weighted by Crippen LogP contribution is 2.35. The van der Waals surface area contributed by atoms with E-state index in [2.05, 4.69) is 22.5 Å². The van der Waals surface area contributed by atoms with E-state index in [9.17, 15) is 9.18 Å². The minimum absolute atomic E-state index is 0.116. The Bertz CT molecular complexity index is 1260. The van der Waals surface area contributed by atoms with Gasteiger partial charge in [0.15, 0.2) is 0 Å². The Morgan fingerprint density at radius 2 is 1.71 bits per heavy atom. The smallest absolute Gasteiger partial charge is 0.251 e. The van der Waals surface area contributed by atoms with Crippen LogP contribution in [0.4, 0.5) is 4.39 Å². The molecular formula is C29H28FN3O2. The van der Waals surface area contributed by atoms with Crippen LogP contribution in [0.1, 0.15) is 34.3 Å². The molecule has 35 heavy (non-hydrogen) atoms. The van der Waals surface area contributed by atoms with Crippen LogP contribution in [-0.4, -0.2) is 35.4 Å². The number of nitrogens with zero attached hydrogens (tertiary/aromatic N) is 2. The number of hydrogen-bond acceptors (Lipinski definition) is 3. The van der Waals surface area contributed by atoms with Gasteiger partial charge in [0.1, 0.15) is 5.82 Å². The number of carbonyl (C=O) groups is 1. The van der Waals surface area contributed by atoms with E-state index in [1.165, 1.54) is 12.1 Å². The summed E-state index contributed by atoms with van der Waals surface area (Å²) in [5, 5.41) is 7.43. The molecule has 0 aliphatic carbocycles. The molecule has 0 bridgehead atoms. The molecule has 1 saturated heterocycles. The molecule has 0 atom stereocenters. The highest BCUT2D eigenvalue weighted by molar-refractivity contribution is 6.00. The molecule has 0 saturated carbocycles. The third-order valence-electron chi connectivity index (χ3n) is 6.83. The molecular weight excluding hydrogens is 441 g/mol. The van der Waals surface area contributed by atoms with Crippen LogP contribution < -0.4 is 5.32 Å². The molecule has 5 rings (SSSR count).